The number of nitrogens with zero attached hydrogens (tertiary/aromatic N) is 2. The van der Waals surface area contributed by atoms with E-state index in [4.69, 9.17) is 9.84 Å². The summed E-state index contributed by atoms with van der Waals surface area (Å²) in [6.45, 7) is 5.62. The predicted octanol–water partition coefficient (Wildman–Crippen LogP) is 2.70. The summed E-state index contributed by atoms with van der Waals surface area (Å²) in [5.74, 6) is -1.69. The van der Waals surface area contributed by atoms with Gasteiger partial charge in [0, 0.05) is 30.6 Å². The summed E-state index contributed by atoms with van der Waals surface area (Å²) in [6, 6.07) is 4.69. The Kier molecular flexibility index (Phi) is 5.30. The van der Waals surface area contributed by atoms with Crippen LogP contribution < -0.4 is 4.90 Å². The Labute approximate surface area is 145 Å². The number of esters is 1. The molecule has 2 rings (SSSR count). The second-order valence-corrected chi connectivity index (χ2v) is 7.06. The standard InChI is InChI=1S/C17H22N2O6/c1-17(2,3)25-15(22)10-18-9-11(7-8-14(20)21)16-12(18)5-4-6-13(16)19(23)24/h4-6,11H,7-10H2,1-3H3,(H,20,21). The maximum atomic E-state index is 12.1. The third kappa shape index (κ3) is 4.68. The summed E-state index contributed by atoms with van der Waals surface area (Å²) < 4.78 is 5.32. The lowest BCUT2D eigenvalue weighted by Gasteiger charge is -2.23. The summed E-state index contributed by atoms with van der Waals surface area (Å²) in [6.07, 6.45) is 0.189. The van der Waals surface area contributed by atoms with Crippen LogP contribution in [0.2, 0.25) is 0 Å². The second-order valence-electron chi connectivity index (χ2n) is 7.06. The van der Waals surface area contributed by atoms with Gasteiger partial charge in [0.05, 0.1) is 10.5 Å². The molecular weight excluding hydrogens is 328 g/mol. The zero-order valence-corrected chi connectivity index (χ0v) is 14.5. The summed E-state index contributed by atoms with van der Waals surface area (Å²) in [5.41, 5.74) is 0.428. The average molecular weight is 350 g/mol. The third-order valence-electron chi connectivity index (χ3n) is 3.89. The molecule has 1 aliphatic rings. The van der Waals surface area contributed by atoms with Crippen LogP contribution in [-0.4, -0.2) is 40.7 Å². The quantitative estimate of drug-likeness (QED) is 0.477. The minimum atomic E-state index is -0.953. The van der Waals surface area contributed by atoms with Gasteiger partial charge < -0.3 is 14.7 Å². The fourth-order valence-electron chi connectivity index (χ4n) is 3.06. The number of fused-ring (bicyclic) bond motifs is 1. The number of carbonyl (C=O) groups is 2. The first-order chi connectivity index (χ1) is 11.6. The smallest absolute Gasteiger partial charge is 0.326 e. The van der Waals surface area contributed by atoms with Crippen molar-refractivity contribution in [2.24, 2.45) is 0 Å². The van der Waals surface area contributed by atoms with Crippen molar-refractivity contribution in [3.05, 3.63) is 33.9 Å². The number of benzene rings is 1. The van der Waals surface area contributed by atoms with Crippen LogP contribution in [0.4, 0.5) is 11.4 Å². The van der Waals surface area contributed by atoms with Crippen molar-refractivity contribution in [1.82, 2.24) is 0 Å². The van der Waals surface area contributed by atoms with Crippen LogP contribution in [0.3, 0.4) is 0 Å². The van der Waals surface area contributed by atoms with E-state index < -0.39 is 22.5 Å². The molecule has 8 heteroatoms. The second kappa shape index (κ2) is 7.08. The van der Waals surface area contributed by atoms with Gasteiger partial charge in [0.2, 0.25) is 0 Å². The Bertz CT molecular complexity index is 695. The molecule has 1 aromatic rings. The molecule has 25 heavy (non-hydrogen) atoms. The number of aliphatic carboxylic acids is 1. The molecule has 0 saturated carbocycles. The van der Waals surface area contributed by atoms with Crippen LogP contribution >= 0.6 is 0 Å². The molecule has 0 aromatic heterocycles. The number of rotatable bonds is 6. The van der Waals surface area contributed by atoms with E-state index in [-0.39, 0.29) is 31.0 Å². The van der Waals surface area contributed by atoms with Crippen molar-refractivity contribution < 1.29 is 24.4 Å². The van der Waals surface area contributed by atoms with E-state index in [9.17, 15) is 19.7 Å². The van der Waals surface area contributed by atoms with E-state index in [1.807, 2.05) is 0 Å². The first-order valence-electron chi connectivity index (χ1n) is 8.04. The van der Waals surface area contributed by atoms with Gasteiger partial charge in [0.25, 0.3) is 5.69 Å². The van der Waals surface area contributed by atoms with Crippen LogP contribution in [0.1, 0.15) is 45.1 Å². The fourth-order valence-corrected chi connectivity index (χ4v) is 3.06. The highest BCUT2D eigenvalue weighted by atomic mass is 16.6. The summed E-state index contributed by atoms with van der Waals surface area (Å²) in [7, 11) is 0. The molecule has 1 heterocycles. The van der Waals surface area contributed by atoms with Crippen molar-refractivity contribution >= 4 is 23.3 Å². The number of carboxylic acids is 1. The van der Waals surface area contributed by atoms with Gasteiger partial charge >= 0.3 is 11.9 Å². The summed E-state index contributed by atoms with van der Waals surface area (Å²) >= 11 is 0. The summed E-state index contributed by atoms with van der Waals surface area (Å²) in [4.78, 5) is 35.6. The van der Waals surface area contributed by atoms with Crippen LogP contribution in [0.25, 0.3) is 0 Å². The molecule has 1 N–H and O–H groups in total. The maximum absolute atomic E-state index is 12.1. The fraction of sp³-hybridized carbons (Fsp3) is 0.529. The highest BCUT2D eigenvalue weighted by Crippen LogP contribution is 2.43. The molecule has 1 unspecified atom stereocenters. The molecule has 1 aromatic carbocycles. The van der Waals surface area contributed by atoms with Gasteiger partial charge in [-0.15, -0.1) is 0 Å². The number of carboxylic acid groups (broad SMARTS) is 1. The molecule has 1 atom stereocenters. The van der Waals surface area contributed by atoms with Crippen molar-refractivity contribution in [2.45, 2.75) is 45.1 Å². The van der Waals surface area contributed by atoms with Crippen LogP contribution in [0, 0.1) is 10.1 Å². The lowest BCUT2D eigenvalue weighted by molar-refractivity contribution is -0.385. The number of ether oxygens (including phenoxy) is 1. The van der Waals surface area contributed by atoms with Gasteiger partial charge in [-0.1, -0.05) is 6.07 Å². The highest BCUT2D eigenvalue weighted by molar-refractivity contribution is 5.79. The van der Waals surface area contributed by atoms with E-state index in [2.05, 4.69) is 0 Å². The molecule has 0 amide bonds. The number of nitro groups is 1. The van der Waals surface area contributed by atoms with Crippen LogP contribution in [-0.2, 0) is 14.3 Å². The number of nitro benzene ring substituents is 1. The monoisotopic (exact) mass is 350 g/mol. The Balaban J connectivity index is 2.28. The zero-order chi connectivity index (χ0) is 18.8. The molecular formula is C17H22N2O6. The molecule has 0 spiro atoms. The minimum absolute atomic E-state index is 0.0327. The van der Waals surface area contributed by atoms with E-state index in [0.717, 1.165) is 0 Å². The Morgan fingerprint density at radius 1 is 1.40 bits per heavy atom. The Hall–Kier alpha value is -2.64. The number of hydrogen-bond acceptors (Lipinski definition) is 6. The molecule has 0 fully saturated rings. The average Bonchev–Trinajstić information content (AvgIpc) is 2.81. The minimum Gasteiger partial charge on any atom is -0.481 e. The number of carbonyl (C=O) groups excluding carboxylic acids is 1. The van der Waals surface area contributed by atoms with Crippen molar-refractivity contribution in [3.63, 3.8) is 0 Å². The SMILES string of the molecule is CC(C)(C)OC(=O)CN1CC(CCC(=O)O)c2c1cccc2[N+](=O)[O-]. The highest BCUT2D eigenvalue weighted by Gasteiger charge is 2.36. The molecule has 0 saturated heterocycles. The van der Waals surface area contributed by atoms with Crippen molar-refractivity contribution in [1.29, 1.82) is 0 Å². The lowest BCUT2D eigenvalue weighted by atomic mass is 9.95. The Morgan fingerprint density at radius 2 is 2.08 bits per heavy atom. The molecule has 0 radical (unpaired) electrons. The first kappa shape index (κ1) is 18.7. The summed E-state index contributed by atoms with van der Waals surface area (Å²) in [5, 5.41) is 20.3. The predicted molar refractivity (Wildman–Crippen MR) is 90.8 cm³/mol. The van der Waals surface area contributed by atoms with Crippen molar-refractivity contribution in [3.8, 4) is 0 Å². The maximum Gasteiger partial charge on any atom is 0.326 e. The Morgan fingerprint density at radius 3 is 2.64 bits per heavy atom. The normalized spacial score (nSPS) is 16.4. The third-order valence-corrected chi connectivity index (χ3v) is 3.89. The van der Waals surface area contributed by atoms with Gasteiger partial charge in [0.15, 0.2) is 0 Å². The van der Waals surface area contributed by atoms with E-state index in [0.29, 0.717) is 17.8 Å². The zero-order valence-electron chi connectivity index (χ0n) is 14.5. The molecule has 0 bridgehead atoms. The largest absolute Gasteiger partial charge is 0.481 e. The lowest BCUT2D eigenvalue weighted by Crippen LogP contribution is -2.34. The van der Waals surface area contributed by atoms with Gasteiger partial charge in [-0.05, 0) is 33.3 Å². The van der Waals surface area contributed by atoms with Gasteiger partial charge in [-0.3, -0.25) is 19.7 Å². The first-order valence-corrected chi connectivity index (χ1v) is 8.04. The molecule has 1 aliphatic heterocycles. The van der Waals surface area contributed by atoms with E-state index in [1.165, 1.54) is 6.07 Å². The van der Waals surface area contributed by atoms with Crippen LogP contribution in [0.5, 0.6) is 0 Å². The van der Waals surface area contributed by atoms with Gasteiger partial charge in [-0.2, -0.15) is 0 Å². The van der Waals surface area contributed by atoms with Gasteiger partial charge in [-0.25, -0.2) is 0 Å². The van der Waals surface area contributed by atoms with Crippen molar-refractivity contribution in [2.75, 3.05) is 18.0 Å². The topological polar surface area (TPSA) is 110 Å². The molecule has 136 valence electrons. The molecule has 8 nitrogen and oxygen atoms in total. The number of anilines is 1. The van der Waals surface area contributed by atoms with Crippen LogP contribution in [0.15, 0.2) is 18.2 Å². The van der Waals surface area contributed by atoms with Gasteiger partial charge in [0.1, 0.15) is 12.1 Å². The molecule has 0 aliphatic carbocycles. The van der Waals surface area contributed by atoms with E-state index >= 15 is 0 Å². The number of hydrogen-bond donors (Lipinski definition) is 1. The van der Waals surface area contributed by atoms with E-state index in [1.54, 1.807) is 37.8 Å².